The van der Waals surface area contributed by atoms with Crippen molar-refractivity contribution in [2.24, 2.45) is 0 Å². The summed E-state index contributed by atoms with van der Waals surface area (Å²) in [4.78, 5) is 26.1. The Morgan fingerprint density at radius 3 is 2.03 bits per heavy atom. The molecule has 3 aromatic carbocycles. The number of rotatable bonds is 6. The summed E-state index contributed by atoms with van der Waals surface area (Å²) in [6, 6.07) is 19.4. The van der Waals surface area contributed by atoms with E-state index < -0.39 is 23.6 Å². The number of carboxylic acids is 1. The number of hydrogen-bond donors (Lipinski definition) is 2. The molecular weight excluding hydrogens is 471 g/mol. The Hall–Kier alpha value is -4.16. The molecule has 3 aromatic rings. The number of aromatic carboxylic acids is 1. The number of benzene rings is 3. The minimum Gasteiger partial charge on any atom is -0.478 e. The van der Waals surface area contributed by atoms with Crippen LogP contribution in [0.3, 0.4) is 0 Å². The Balaban J connectivity index is 1.52. The van der Waals surface area contributed by atoms with Gasteiger partial charge in [0.05, 0.1) is 28.8 Å². The summed E-state index contributed by atoms with van der Waals surface area (Å²) in [5.41, 5.74) is 1.79. The summed E-state index contributed by atoms with van der Waals surface area (Å²) < 4.78 is 38.4. The molecule has 184 valence electrons. The summed E-state index contributed by atoms with van der Waals surface area (Å²) in [5.74, 6) is -1.47. The Morgan fingerprint density at radius 2 is 1.50 bits per heavy atom. The molecule has 1 aliphatic heterocycles. The molecule has 0 bridgehead atoms. The molecule has 0 aliphatic carbocycles. The molecule has 1 fully saturated rings. The third kappa shape index (κ3) is 5.56. The first-order valence-corrected chi connectivity index (χ1v) is 11.2. The first-order chi connectivity index (χ1) is 17.2. The van der Waals surface area contributed by atoms with Crippen LogP contribution in [0.2, 0.25) is 0 Å². The second-order valence-corrected chi connectivity index (χ2v) is 8.59. The number of amides is 1. The van der Waals surface area contributed by atoms with Gasteiger partial charge in [-0.2, -0.15) is 18.4 Å². The van der Waals surface area contributed by atoms with Crippen molar-refractivity contribution in [1.82, 2.24) is 10.2 Å². The zero-order valence-corrected chi connectivity index (χ0v) is 19.0. The molecule has 0 aromatic heterocycles. The van der Waals surface area contributed by atoms with Crippen LogP contribution in [0.15, 0.2) is 72.8 Å². The highest BCUT2D eigenvalue weighted by molar-refractivity contribution is 5.94. The number of nitrogens with zero attached hydrogens (tertiary/aromatic N) is 2. The number of nitrogens with one attached hydrogen (secondary N) is 1. The quantitative estimate of drug-likeness (QED) is 0.511. The molecule has 0 saturated carbocycles. The highest BCUT2D eigenvalue weighted by atomic mass is 19.4. The molecular formula is C27H22F3N3O3. The van der Waals surface area contributed by atoms with Crippen LogP contribution >= 0.6 is 0 Å². The first kappa shape index (κ1) is 24.9. The van der Waals surface area contributed by atoms with Crippen LogP contribution in [0.25, 0.3) is 0 Å². The Morgan fingerprint density at radius 1 is 0.944 bits per heavy atom. The van der Waals surface area contributed by atoms with Crippen LogP contribution in [0.5, 0.6) is 0 Å². The molecule has 1 saturated heterocycles. The SMILES string of the molecule is N#Cc1ccc([C@H](c2ccc(C(=O)O)cc2)N2CCC(NC(=O)c3ccc(C(F)(F)F)cc3)C2)cc1. The van der Waals surface area contributed by atoms with Crippen molar-refractivity contribution in [3.05, 3.63) is 106 Å². The summed E-state index contributed by atoms with van der Waals surface area (Å²) in [6.45, 7) is 1.11. The van der Waals surface area contributed by atoms with Crippen LogP contribution in [0.1, 0.15) is 55.4 Å². The van der Waals surface area contributed by atoms with Gasteiger partial charge in [-0.1, -0.05) is 24.3 Å². The number of nitriles is 1. The number of halogens is 3. The third-order valence-corrected chi connectivity index (χ3v) is 6.22. The number of carbonyl (C=O) groups is 2. The van der Waals surface area contributed by atoms with Gasteiger partial charge in [-0.3, -0.25) is 9.69 Å². The molecule has 1 amide bonds. The predicted octanol–water partition coefficient (Wildman–Crippen LogP) is 4.87. The lowest BCUT2D eigenvalue weighted by molar-refractivity contribution is -0.137. The van der Waals surface area contributed by atoms with E-state index in [-0.39, 0.29) is 23.2 Å². The van der Waals surface area contributed by atoms with Crippen molar-refractivity contribution >= 4 is 11.9 Å². The zero-order chi connectivity index (χ0) is 25.9. The second-order valence-electron chi connectivity index (χ2n) is 8.59. The topological polar surface area (TPSA) is 93.4 Å². The average molecular weight is 493 g/mol. The number of hydrogen-bond acceptors (Lipinski definition) is 4. The Labute approximate surface area is 205 Å². The number of carbonyl (C=O) groups excluding carboxylic acids is 1. The largest absolute Gasteiger partial charge is 0.478 e. The lowest BCUT2D eigenvalue weighted by atomic mass is 9.95. The molecule has 1 aliphatic rings. The Kier molecular flexibility index (Phi) is 7.08. The smallest absolute Gasteiger partial charge is 0.416 e. The average Bonchev–Trinajstić information content (AvgIpc) is 3.32. The maximum atomic E-state index is 12.8. The molecule has 1 unspecified atom stereocenters. The third-order valence-electron chi connectivity index (χ3n) is 6.22. The zero-order valence-electron chi connectivity index (χ0n) is 19.0. The number of likely N-dealkylation sites (tertiary alicyclic amines) is 1. The van der Waals surface area contributed by atoms with Gasteiger partial charge in [0.15, 0.2) is 0 Å². The van der Waals surface area contributed by atoms with E-state index >= 15 is 0 Å². The fourth-order valence-electron chi connectivity index (χ4n) is 4.38. The van der Waals surface area contributed by atoms with E-state index in [0.717, 1.165) is 35.4 Å². The fourth-order valence-corrected chi connectivity index (χ4v) is 4.38. The van der Waals surface area contributed by atoms with E-state index in [1.165, 1.54) is 12.1 Å². The van der Waals surface area contributed by atoms with Crippen LogP contribution in [0, 0.1) is 11.3 Å². The molecule has 6 nitrogen and oxygen atoms in total. The van der Waals surface area contributed by atoms with E-state index in [2.05, 4.69) is 16.3 Å². The van der Waals surface area contributed by atoms with Gasteiger partial charge in [0.1, 0.15) is 0 Å². The van der Waals surface area contributed by atoms with Crippen molar-refractivity contribution in [1.29, 1.82) is 5.26 Å². The second kappa shape index (κ2) is 10.2. The molecule has 0 radical (unpaired) electrons. The summed E-state index contributed by atoms with van der Waals surface area (Å²) in [7, 11) is 0. The van der Waals surface area contributed by atoms with Crippen molar-refractivity contribution in [3.63, 3.8) is 0 Å². The lowest BCUT2D eigenvalue weighted by Crippen LogP contribution is -2.38. The molecule has 2 atom stereocenters. The molecule has 1 heterocycles. The minimum absolute atomic E-state index is 0.148. The normalized spacial score (nSPS) is 16.8. The fraction of sp³-hybridized carbons (Fsp3) is 0.222. The van der Waals surface area contributed by atoms with Gasteiger partial charge in [-0.15, -0.1) is 0 Å². The van der Waals surface area contributed by atoms with Gasteiger partial charge in [0.25, 0.3) is 5.91 Å². The van der Waals surface area contributed by atoms with E-state index in [4.69, 9.17) is 5.26 Å². The van der Waals surface area contributed by atoms with Crippen molar-refractivity contribution in [2.75, 3.05) is 13.1 Å². The van der Waals surface area contributed by atoms with E-state index in [1.54, 1.807) is 24.3 Å². The number of alkyl halides is 3. The molecule has 0 spiro atoms. The summed E-state index contributed by atoms with van der Waals surface area (Å²) in [5, 5.41) is 21.3. The van der Waals surface area contributed by atoms with Gasteiger partial charge in [-0.25, -0.2) is 4.79 Å². The van der Waals surface area contributed by atoms with E-state index in [1.807, 2.05) is 12.1 Å². The minimum atomic E-state index is -4.47. The van der Waals surface area contributed by atoms with Gasteiger partial charge in [0.2, 0.25) is 0 Å². The number of carboxylic acid groups (broad SMARTS) is 1. The van der Waals surface area contributed by atoms with Crippen LogP contribution in [-0.4, -0.2) is 41.0 Å². The van der Waals surface area contributed by atoms with Gasteiger partial charge >= 0.3 is 12.1 Å². The standard InChI is InChI=1S/C27H22F3N3O3/c28-27(29,30)22-11-9-20(10-12-22)25(34)32-23-13-14-33(16-23)24(18-3-1-17(15-31)2-4-18)19-5-7-21(8-6-19)26(35)36/h1-12,23-24H,13-14,16H2,(H,32,34)(H,35,36)/t23?,24-/m1/s1. The van der Waals surface area contributed by atoms with Crippen molar-refractivity contribution < 1.29 is 27.9 Å². The van der Waals surface area contributed by atoms with Gasteiger partial charge in [0, 0.05) is 24.7 Å². The molecule has 36 heavy (non-hydrogen) atoms. The maximum Gasteiger partial charge on any atom is 0.416 e. The van der Waals surface area contributed by atoms with Crippen LogP contribution in [-0.2, 0) is 6.18 Å². The Bertz CT molecular complexity index is 1280. The monoisotopic (exact) mass is 493 g/mol. The van der Waals surface area contributed by atoms with Crippen LogP contribution < -0.4 is 5.32 Å². The highest BCUT2D eigenvalue weighted by Gasteiger charge is 2.32. The molecule has 2 N–H and O–H groups in total. The first-order valence-electron chi connectivity index (χ1n) is 11.2. The predicted molar refractivity (Wildman–Crippen MR) is 125 cm³/mol. The van der Waals surface area contributed by atoms with E-state index in [0.29, 0.717) is 25.1 Å². The van der Waals surface area contributed by atoms with Gasteiger partial charge in [-0.05, 0) is 66.1 Å². The van der Waals surface area contributed by atoms with Crippen molar-refractivity contribution in [3.8, 4) is 6.07 Å². The molecule has 4 rings (SSSR count). The van der Waals surface area contributed by atoms with Crippen LogP contribution in [0.4, 0.5) is 13.2 Å². The highest BCUT2D eigenvalue weighted by Crippen LogP contribution is 2.33. The molecule has 9 heteroatoms. The maximum absolute atomic E-state index is 12.8. The van der Waals surface area contributed by atoms with Crippen molar-refractivity contribution in [2.45, 2.75) is 24.7 Å². The van der Waals surface area contributed by atoms with Gasteiger partial charge < -0.3 is 10.4 Å². The van der Waals surface area contributed by atoms with E-state index in [9.17, 15) is 27.9 Å². The summed E-state index contributed by atoms with van der Waals surface area (Å²) in [6.07, 6.45) is -3.84. The lowest BCUT2D eigenvalue weighted by Gasteiger charge is -2.29. The summed E-state index contributed by atoms with van der Waals surface area (Å²) >= 11 is 0.